The van der Waals surface area contributed by atoms with Crippen LogP contribution in [-0.4, -0.2) is 17.7 Å². The molecule has 18 heavy (non-hydrogen) atoms. The summed E-state index contributed by atoms with van der Waals surface area (Å²) in [5.74, 6) is -0.265. The van der Waals surface area contributed by atoms with E-state index in [1.165, 1.54) is 11.6 Å². The first kappa shape index (κ1) is 14.5. The first-order valence-electron chi connectivity index (χ1n) is 5.46. The molecule has 96 valence electrons. The van der Waals surface area contributed by atoms with Crippen molar-refractivity contribution in [1.82, 2.24) is 0 Å². The third kappa shape index (κ3) is 5.19. The van der Waals surface area contributed by atoms with Gasteiger partial charge in [-0.25, -0.2) is 4.79 Å². The van der Waals surface area contributed by atoms with E-state index in [9.17, 15) is 4.79 Å². The highest BCUT2D eigenvalue weighted by atomic mass is 79.9. The Labute approximate surface area is 115 Å². The van der Waals surface area contributed by atoms with Gasteiger partial charge in [-0.15, -0.1) is 0 Å². The number of ether oxygens (including phenoxy) is 1. The Hall–Kier alpha value is -1.55. The zero-order chi connectivity index (χ0) is 13.5. The van der Waals surface area contributed by atoms with Gasteiger partial charge in [0.15, 0.2) is 0 Å². The van der Waals surface area contributed by atoms with E-state index in [-0.39, 0.29) is 0 Å². The summed E-state index contributed by atoms with van der Waals surface area (Å²) in [4.78, 5) is 10.5. The molecule has 0 radical (unpaired) electrons. The molecular weight excluding hydrogens is 296 g/mol. The number of carbonyl (C=O) groups is 1. The van der Waals surface area contributed by atoms with Crippen LogP contribution in [0.5, 0.6) is 5.75 Å². The molecule has 0 unspecified atom stereocenters. The van der Waals surface area contributed by atoms with Gasteiger partial charge in [0.05, 0.1) is 0 Å². The molecule has 0 saturated heterocycles. The van der Waals surface area contributed by atoms with E-state index in [2.05, 4.69) is 15.9 Å². The van der Waals surface area contributed by atoms with Crippen LogP contribution in [0.1, 0.15) is 19.4 Å². The topological polar surface area (TPSA) is 46.5 Å². The molecule has 0 fully saturated rings. The number of allylic oxidation sites excluding steroid dienone is 1. The van der Waals surface area contributed by atoms with Crippen LogP contribution in [-0.2, 0) is 4.79 Å². The van der Waals surface area contributed by atoms with Crippen LogP contribution in [0.3, 0.4) is 0 Å². The molecule has 0 aliphatic carbocycles. The molecule has 4 heteroatoms. The standard InChI is InChI=1S/C14H15BrO3/c1-10(2)7-8-18-12-4-5-13(15)11(9-12)3-6-14(16)17/h3-7,9H,8H2,1-2H3,(H,16,17)/b6-3+. The summed E-state index contributed by atoms with van der Waals surface area (Å²) in [5, 5.41) is 8.60. The van der Waals surface area contributed by atoms with Crippen LogP contribution in [0.25, 0.3) is 6.08 Å². The monoisotopic (exact) mass is 310 g/mol. The third-order valence-corrected chi connectivity index (χ3v) is 2.84. The van der Waals surface area contributed by atoms with Crippen molar-refractivity contribution in [2.24, 2.45) is 0 Å². The fraction of sp³-hybridized carbons (Fsp3) is 0.214. The van der Waals surface area contributed by atoms with Gasteiger partial charge < -0.3 is 9.84 Å². The second-order valence-corrected chi connectivity index (χ2v) is 4.80. The summed E-state index contributed by atoms with van der Waals surface area (Å²) in [6, 6.07) is 5.46. The van der Waals surface area contributed by atoms with E-state index >= 15 is 0 Å². The molecule has 0 aliphatic rings. The maximum Gasteiger partial charge on any atom is 0.328 e. The van der Waals surface area contributed by atoms with Crippen LogP contribution < -0.4 is 4.74 Å². The number of carboxylic acids is 1. The Morgan fingerprint density at radius 3 is 2.78 bits per heavy atom. The average molecular weight is 311 g/mol. The van der Waals surface area contributed by atoms with E-state index in [1.807, 2.05) is 32.1 Å². The van der Waals surface area contributed by atoms with Gasteiger partial charge in [0.1, 0.15) is 12.4 Å². The molecule has 0 aromatic heterocycles. The summed E-state index contributed by atoms with van der Waals surface area (Å²) < 4.78 is 6.37. The number of hydrogen-bond acceptors (Lipinski definition) is 2. The minimum atomic E-state index is -0.974. The molecule has 1 aromatic rings. The maximum atomic E-state index is 10.5. The Morgan fingerprint density at radius 2 is 2.17 bits per heavy atom. The highest BCUT2D eigenvalue weighted by Crippen LogP contribution is 2.23. The number of halogens is 1. The largest absolute Gasteiger partial charge is 0.490 e. The highest BCUT2D eigenvalue weighted by molar-refractivity contribution is 9.10. The molecule has 0 bridgehead atoms. The van der Waals surface area contributed by atoms with Crippen LogP contribution in [0.15, 0.2) is 40.4 Å². The smallest absolute Gasteiger partial charge is 0.328 e. The Balaban J connectivity index is 2.80. The minimum Gasteiger partial charge on any atom is -0.490 e. The minimum absolute atomic E-state index is 0.506. The third-order valence-electron chi connectivity index (χ3n) is 2.11. The van der Waals surface area contributed by atoms with Crippen molar-refractivity contribution < 1.29 is 14.6 Å². The van der Waals surface area contributed by atoms with Gasteiger partial charge in [-0.3, -0.25) is 0 Å². The van der Waals surface area contributed by atoms with Crippen molar-refractivity contribution in [2.45, 2.75) is 13.8 Å². The first-order chi connectivity index (χ1) is 8.49. The summed E-state index contributed by atoms with van der Waals surface area (Å²) in [6.45, 7) is 4.52. The molecule has 0 heterocycles. The van der Waals surface area contributed by atoms with Crippen LogP contribution in [0.4, 0.5) is 0 Å². The molecule has 0 atom stereocenters. The van der Waals surface area contributed by atoms with Crippen molar-refractivity contribution in [3.63, 3.8) is 0 Å². The molecule has 0 spiro atoms. The van der Waals surface area contributed by atoms with E-state index in [1.54, 1.807) is 6.07 Å². The van der Waals surface area contributed by atoms with Crippen molar-refractivity contribution in [3.05, 3.63) is 46.0 Å². The molecule has 1 rings (SSSR count). The maximum absolute atomic E-state index is 10.5. The highest BCUT2D eigenvalue weighted by Gasteiger charge is 2.00. The predicted octanol–water partition coefficient (Wildman–Crippen LogP) is 3.89. The van der Waals surface area contributed by atoms with Gasteiger partial charge >= 0.3 is 5.97 Å². The SMILES string of the molecule is CC(C)=CCOc1ccc(Br)c(/C=C/C(=O)O)c1. The lowest BCUT2D eigenvalue weighted by atomic mass is 10.2. The van der Waals surface area contributed by atoms with Crippen LogP contribution >= 0.6 is 15.9 Å². The predicted molar refractivity (Wildman–Crippen MR) is 75.7 cm³/mol. The Morgan fingerprint density at radius 1 is 1.44 bits per heavy atom. The lowest BCUT2D eigenvalue weighted by molar-refractivity contribution is -0.131. The fourth-order valence-electron chi connectivity index (χ4n) is 1.20. The first-order valence-corrected chi connectivity index (χ1v) is 6.25. The summed E-state index contributed by atoms with van der Waals surface area (Å²) in [7, 11) is 0. The van der Waals surface area contributed by atoms with Gasteiger partial charge in [-0.2, -0.15) is 0 Å². The number of rotatable bonds is 5. The van der Waals surface area contributed by atoms with Crippen LogP contribution in [0.2, 0.25) is 0 Å². The zero-order valence-corrected chi connectivity index (χ0v) is 11.9. The second kappa shape index (κ2) is 7.01. The lowest BCUT2D eigenvalue weighted by Crippen LogP contribution is -1.94. The molecule has 0 saturated carbocycles. The number of aliphatic carboxylic acids is 1. The average Bonchev–Trinajstić information content (AvgIpc) is 2.29. The van der Waals surface area contributed by atoms with Gasteiger partial charge in [0, 0.05) is 10.5 Å². The van der Waals surface area contributed by atoms with Gasteiger partial charge in [-0.1, -0.05) is 21.5 Å². The van der Waals surface area contributed by atoms with E-state index < -0.39 is 5.97 Å². The summed E-state index contributed by atoms with van der Waals surface area (Å²) in [5.41, 5.74) is 1.96. The number of hydrogen-bond donors (Lipinski definition) is 1. The van der Waals surface area contributed by atoms with Gasteiger partial charge in [0.25, 0.3) is 0 Å². The molecule has 0 aliphatic heterocycles. The van der Waals surface area contributed by atoms with E-state index in [0.29, 0.717) is 12.4 Å². The molecule has 0 amide bonds. The zero-order valence-electron chi connectivity index (χ0n) is 10.3. The van der Waals surface area contributed by atoms with Crippen molar-refractivity contribution in [1.29, 1.82) is 0 Å². The Kier molecular flexibility index (Phi) is 5.65. The Bertz CT molecular complexity index is 486. The van der Waals surface area contributed by atoms with Crippen LogP contribution in [0, 0.1) is 0 Å². The van der Waals surface area contributed by atoms with Gasteiger partial charge in [0.2, 0.25) is 0 Å². The van der Waals surface area contributed by atoms with E-state index in [0.717, 1.165) is 16.1 Å². The van der Waals surface area contributed by atoms with Crippen molar-refractivity contribution in [3.8, 4) is 5.75 Å². The van der Waals surface area contributed by atoms with Crippen molar-refractivity contribution in [2.75, 3.05) is 6.61 Å². The van der Waals surface area contributed by atoms with Crippen molar-refractivity contribution >= 4 is 28.0 Å². The summed E-state index contributed by atoms with van der Waals surface area (Å²) >= 11 is 3.36. The number of benzene rings is 1. The van der Waals surface area contributed by atoms with Gasteiger partial charge in [-0.05, 0) is 49.8 Å². The lowest BCUT2D eigenvalue weighted by Gasteiger charge is -2.06. The second-order valence-electron chi connectivity index (χ2n) is 3.95. The van der Waals surface area contributed by atoms with E-state index in [4.69, 9.17) is 9.84 Å². The normalized spacial score (nSPS) is 10.4. The number of carboxylic acid groups (broad SMARTS) is 1. The molecular formula is C14H15BrO3. The molecule has 1 aromatic carbocycles. The molecule has 1 N–H and O–H groups in total. The quantitative estimate of drug-likeness (QED) is 0.663. The summed E-state index contributed by atoms with van der Waals surface area (Å²) in [6.07, 6.45) is 4.61. The fourth-order valence-corrected chi connectivity index (χ4v) is 1.58. The molecule has 3 nitrogen and oxygen atoms in total.